The fourth-order valence-corrected chi connectivity index (χ4v) is 1.65. The highest BCUT2D eigenvalue weighted by Crippen LogP contribution is 2.26. The number of alkyl halides is 1. The maximum Gasteiger partial charge on any atom is 0.0707 e. The molecule has 2 heteroatoms. The molecule has 0 unspecified atom stereocenters. The maximum absolute atomic E-state index is 3.38. The highest BCUT2D eigenvalue weighted by atomic mass is 79.9. The fraction of sp³-hybridized carbons (Fsp3) is 0.500. The zero-order valence-corrected chi connectivity index (χ0v) is 10.9. The fourth-order valence-electron chi connectivity index (χ4n) is 1.35. The van der Waals surface area contributed by atoms with Crippen LogP contribution in [0.3, 0.4) is 0 Å². The summed E-state index contributed by atoms with van der Waals surface area (Å²) in [6, 6.07) is 6.61. The molecule has 1 N–H and O–H groups in total. The smallest absolute Gasteiger partial charge is 0.0707 e. The molecule has 14 heavy (non-hydrogen) atoms. The van der Waals surface area contributed by atoms with Gasteiger partial charge in [-0.25, -0.2) is 0 Å². The summed E-state index contributed by atoms with van der Waals surface area (Å²) in [5.41, 5.74) is 4.89. The van der Waals surface area contributed by atoms with Gasteiger partial charge in [-0.2, -0.15) is 0 Å². The zero-order chi connectivity index (χ0) is 10.8. The van der Waals surface area contributed by atoms with Gasteiger partial charge >= 0.3 is 0 Å². The molecule has 0 aromatic heterocycles. The van der Waals surface area contributed by atoms with Crippen LogP contribution < -0.4 is 5.32 Å². The molecule has 0 aliphatic heterocycles. The molecular weight excluding hydrogens is 238 g/mol. The van der Waals surface area contributed by atoms with Gasteiger partial charge in [-0.15, -0.1) is 0 Å². The van der Waals surface area contributed by atoms with Gasteiger partial charge in [0.15, 0.2) is 0 Å². The van der Waals surface area contributed by atoms with E-state index in [9.17, 15) is 0 Å². The van der Waals surface area contributed by atoms with Gasteiger partial charge in [0, 0.05) is 5.69 Å². The summed E-state index contributed by atoms with van der Waals surface area (Å²) in [7, 11) is 0. The van der Waals surface area contributed by atoms with Gasteiger partial charge in [0.1, 0.15) is 0 Å². The third-order valence-electron chi connectivity index (χ3n) is 2.36. The summed E-state index contributed by atoms with van der Waals surface area (Å²) in [5.74, 6) is 0. The molecular formula is C12H18BrN. The molecule has 0 spiro atoms. The van der Waals surface area contributed by atoms with E-state index in [0.29, 0.717) is 0 Å². The van der Waals surface area contributed by atoms with E-state index < -0.39 is 0 Å². The van der Waals surface area contributed by atoms with Crippen molar-refractivity contribution in [3.05, 3.63) is 29.3 Å². The second-order valence-corrected chi connectivity index (χ2v) is 5.15. The molecule has 1 aromatic rings. The Morgan fingerprint density at radius 1 is 1.29 bits per heavy atom. The third kappa shape index (κ3) is 2.74. The lowest BCUT2D eigenvalue weighted by atomic mass is 9.86. The molecule has 1 rings (SSSR count). The van der Waals surface area contributed by atoms with Crippen LogP contribution in [0.2, 0.25) is 0 Å². The molecule has 0 radical (unpaired) electrons. The predicted octanol–water partition coefficient (Wildman–Crippen LogP) is 4.06. The Morgan fingerprint density at radius 2 is 1.93 bits per heavy atom. The Labute approximate surface area is 95.0 Å². The van der Waals surface area contributed by atoms with E-state index in [1.807, 2.05) is 0 Å². The van der Waals surface area contributed by atoms with Crippen LogP contribution in [0, 0.1) is 6.92 Å². The van der Waals surface area contributed by atoms with Crippen molar-refractivity contribution in [2.45, 2.75) is 33.1 Å². The summed E-state index contributed by atoms with van der Waals surface area (Å²) in [6.07, 6.45) is 0. The van der Waals surface area contributed by atoms with Gasteiger partial charge in [-0.1, -0.05) is 48.8 Å². The van der Waals surface area contributed by atoms with E-state index in [1.165, 1.54) is 16.8 Å². The van der Waals surface area contributed by atoms with Crippen molar-refractivity contribution >= 4 is 21.6 Å². The molecule has 0 saturated heterocycles. The molecule has 0 bridgehead atoms. The number of nitrogens with one attached hydrogen (secondary N) is 1. The van der Waals surface area contributed by atoms with Gasteiger partial charge in [-0.3, -0.25) is 0 Å². The first-order valence-corrected chi connectivity index (χ1v) is 5.98. The molecule has 0 atom stereocenters. The molecule has 0 fully saturated rings. The lowest BCUT2D eigenvalue weighted by Gasteiger charge is -2.21. The Bertz CT molecular complexity index is 313. The quantitative estimate of drug-likeness (QED) is 0.621. The van der Waals surface area contributed by atoms with E-state index in [2.05, 4.69) is 67.1 Å². The first-order chi connectivity index (χ1) is 6.45. The predicted molar refractivity (Wildman–Crippen MR) is 67.3 cm³/mol. The first kappa shape index (κ1) is 11.6. The number of hydrogen-bond acceptors (Lipinski definition) is 1. The van der Waals surface area contributed by atoms with Crippen molar-refractivity contribution in [2.24, 2.45) is 0 Å². The van der Waals surface area contributed by atoms with Crippen molar-refractivity contribution in [2.75, 3.05) is 10.8 Å². The molecule has 0 aliphatic rings. The van der Waals surface area contributed by atoms with Gasteiger partial charge in [-0.05, 0) is 29.5 Å². The van der Waals surface area contributed by atoms with E-state index in [1.54, 1.807) is 0 Å². The van der Waals surface area contributed by atoms with Gasteiger partial charge < -0.3 is 5.32 Å². The van der Waals surface area contributed by atoms with Crippen molar-refractivity contribution in [3.8, 4) is 0 Å². The van der Waals surface area contributed by atoms with E-state index in [-0.39, 0.29) is 5.41 Å². The Hall–Kier alpha value is -0.500. The third-order valence-corrected chi connectivity index (χ3v) is 2.64. The zero-order valence-electron chi connectivity index (χ0n) is 9.32. The summed E-state index contributed by atoms with van der Waals surface area (Å²) >= 11 is 3.38. The minimum absolute atomic E-state index is 0.219. The molecule has 78 valence electrons. The van der Waals surface area contributed by atoms with E-state index in [0.717, 1.165) is 5.45 Å². The molecule has 0 saturated carbocycles. The summed E-state index contributed by atoms with van der Waals surface area (Å²) in [6.45, 7) is 8.82. The highest BCUT2D eigenvalue weighted by molar-refractivity contribution is 9.09. The minimum Gasteiger partial charge on any atom is -0.375 e. The molecule has 1 aromatic carbocycles. The average Bonchev–Trinajstić information content (AvgIpc) is 2.07. The monoisotopic (exact) mass is 255 g/mol. The lowest BCUT2D eigenvalue weighted by Crippen LogP contribution is -2.11. The van der Waals surface area contributed by atoms with Crippen LogP contribution in [0.25, 0.3) is 0 Å². The molecule has 0 amide bonds. The summed E-state index contributed by atoms with van der Waals surface area (Å²) in [4.78, 5) is 0. The summed E-state index contributed by atoms with van der Waals surface area (Å²) in [5, 5.41) is 3.30. The SMILES string of the molecule is Cc1ccc(C(C)(C)C)cc1NCBr. The van der Waals surface area contributed by atoms with Crippen molar-refractivity contribution < 1.29 is 0 Å². The van der Waals surface area contributed by atoms with Crippen molar-refractivity contribution in [3.63, 3.8) is 0 Å². The minimum atomic E-state index is 0.219. The van der Waals surface area contributed by atoms with E-state index >= 15 is 0 Å². The Balaban J connectivity index is 3.06. The number of hydrogen-bond donors (Lipinski definition) is 1. The number of halogens is 1. The lowest BCUT2D eigenvalue weighted by molar-refractivity contribution is 0.590. The van der Waals surface area contributed by atoms with Crippen LogP contribution in [0.5, 0.6) is 0 Å². The number of rotatable bonds is 2. The first-order valence-electron chi connectivity index (χ1n) is 4.86. The van der Waals surface area contributed by atoms with Crippen LogP contribution in [-0.4, -0.2) is 5.45 Å². The van der Waals surface area contributed by atoms with Gasteiger partial charge in [0.25, 0.3) is 0 Å². The van der Waals surface area contributed by atoms with Crippen molar-refractivity contribution in [1.29, 1.82) is 0 Å². The number of aryl methyl sites for hydroxylation is 1. The van der Waals surface area contributed by atoms with Crippen LogP contribution >= 0.6 is 15.9 Å². The second kappa shape index (κ2) is 4.35. The average molecular weight is 256 g/mol. The van der Waals surface area contributed by atoms with Crippen LogP contribution in [-0.2, 0) is 5.41 Å². The molecule has 1 nitrogen and oxygen atoms in total. The molecule has 0 heterocycles. The Kier molecular flexibility index (Phi) is 3.59. The largest absolute Gasteiger partial charge is 0.375 e. The summed E-state index contributed by atoms with van der Waals surface area (Å²) < 4.78 is 0. The van der Waals surface area contributed by atoms with Crippen LogP contribution in [0.4, 0.5) is 5.69 Å². The molecule has 0 aliphatic carbocycles. The number of anilines is 1. The highest BCUT2D eigenvalue weighted by Gasteiger charge is 2.14. The normalized spacial score (nSPS) is 11.5. The van der Waals surface area contributed by atoms with Crippen LogP contribution in [0.1, 0.15) is 31.9 Å². The Morgan fingerprint density at radius 3 is 2.43 bits per heavy atom. The topological polar surface area (TPSA) is 12.0 Å². The number of benzene rings is 1. The van der Waals surface area contributed by atoms with Gasteiger partial charge in [0.05, 0.1) is 5.45 Å². The van der Waals surface area contributed by atoms with E-state index in [4.69, 9.17) is 0 Å². The standard InChI is InChI=1S/C12H18BrN/c1-9-5-6-10(12(2,3)4)7-11(9)14-8-13/h5-7,14H,8H2,1-4H3. The maximum atomic E-state index is 3.38. The van der Waals surface area contributed by atoms with Crippen molar-refractivity contribution in [1.82, 2.24) is 0 Å². The van der Waals surface area contributed by atoms with Crippen LogP contribution in [0.15, 0.2) is 18.2 Å². The second-order valence-electron chi connectivity index (χ2n) is 4.59. The van der Waals surface area contributed by atoms with Gasteiger partial charge in [0.2, 0.25) is 0 Å².